The molecule has 0 aromatic carbocycles. The number of rotatable bonds is 1. The first-order valence-corrected chi connectivity index (χ1v) is 4.73. The molecule has 0 radical (unpaired) electrons. The Bertz CT molecular complexity index is 485. The number of aromatic nitrogens is 1. The molecule has 90 valence electrons. The van der Waals surface area contributed by atoms with E-state index in [4.69, 9.17) is 0 Å². The van der Waals surface area contributed by atoms with Crippen LogP contribution in [0.4, 0.5) is 18.9 Å². The lowest BCUT2D eigenvalue weighted by Gasteiger charge is -2.19. The number of nitrogens with zero attached hydrogens (tertiary/aromatic N) is 2. The second kappa shape index (κ2) is 3.83. The van der Waals surface area contributed by atoms with Crippen molar-refractivity contribution in [3.8, 4) is 0 Å². The number of carbonyl (C=O) groups is 2. The largest absolute Gasteiger partial charge is 0.418 e. The maximum Gasteiger partial charge on any atom is 0.418 e. The second-order valence-electron chi connectivity index (χ2n) is 3.59. The van der Waals surface area contributed by atoms with Gasteiger partial charge in [-0.15, -0.1) is 0 Å². The molecule has 7 heteroatoms. The van der Waals surface area contributed by atoms with Crippen LogP contribution in [-0.2, 0) is 15.8 Å². The first kappa shape index (κ1) is 11.6. The second-order valence-corrected chi connectivity index (χ2v) is 3.59. The van der Waals surface area contributed by atoms with Gasteiger partial charge in [0.15, 0.2) is 5.78 Å². The fourth-order valence-electron chi connectivity index (χ4n) is 1.64. The molecule has 1 aromatic rings. The molecule has 2 heterocycles. The normalized spacial score (nSPS) is 16.8. The average molecular weight is 244 g/mol. The predicted octanol–water partition coefficient (Wildman–Crippen LogP) is 1.41. The van der Waals surface area contributed by atoms with Gasteiger partial charge >= 0.3 is 6.18 Å². The molecule has 0 unspecified atom stereocenters. The zero-order chi connectivity index (χ0) is 12.6. The minimum atomic E-state index is -4.58. The molecule has 1 amide bonds. The molecule has 1 saturated heterocycles. The lowest BCUT2D eigenvalue weighted by Crippen LogP contribution is -2.27. The van der Waals surface area contributed by atoms with Gasteiger partial charge in [-0.25, -0.2) is 0 Å². The Balaban J connectivity index is 2.46. The fourth-order valence-corrected chi connectivity index (χ4v) is 1.64. The van der Waals surface area contributed by atoms with Crippen LogP contribution in [0, 0.1) is 0 Å². The summed E-state index contributed by atoms with van der Waals surface area (Å²) in [5, 5.41) is 0. The highest BCUT2D eigenvalue weighted by Gasteiger charge is 2.38. The van der Waals surface area contributed by atoms with Crippen molar-refractivity contribution in [1.82, 2.24) is 4.98 Å². The van der Waals surface area contributed by atoms with Crippen LogP contribution < -0.4 is 4.90 Å². The SMILES string of the molecule is O=C1CC(=O)N(c2cnccc2C(F)(F)F)C1. The number of halogens is 3. The van der Waals surface area contributed by atoms with Gasteiger partial charge in [-0.05, 0) is 6.07 Å². The van der Waals surface area contributed by atoms with Crippen LogP contribution in [0.25, 0.3) is 0 Å². The summed E-state index contributed by atoms with van der Waals surface area (Å²) in [6.07, 6.45) is -3.00. The van der Waals surface area contributed by atoms with Gasteiger partial charge in [0.25, 0.3) is 0 Å². The molecule has 1 aromatic heterocycles. The van der Waals surface area contributed by atoms with Gasteiger partial charge in [-0.3, -0.25) is 14.6 Å². The number of hydrogen-bond acceptors (Lipinski definition) is 3. The number of ketones is 1. The molecule has 0 aliphatic carbocycles. The zero-order valence-corrected chi connectivity index (χ0v) is 8.49. The summed E-state index contributed by atoms with van der Waals surface area (Å²) in [7, 11) is 0. The zero-order valence-electron chi connectivity index (χ0n) is 8.49. The summed E-state index contributed by atoms with van der Waals surface area (Å²) in [6, 6.07) is 0.783. The molecule has 2 rings (SSSR count). The van der Waals surface area contributed by atoms with Crippen molar-refractivity contribution in [1.29, 1.82) is 0 Å². The van der Waals surface area contributed by atoms with E-state index in [0.717, 1.165) is 23.4 Å². The Morgan fingerprint density at radius 2 is 2.00 bits per heavy atom. The molecule has 1 aliphatic heterocycles. The van der Waals surface area contributed by atoms with Crippen molar-refractivity contribution >= 4 is 17.4 Å². The van der Waals surface area contributed by atoms with E-state index in [2.05, 4.69) is 4.98 Å². The third-order valence-electron chi connectivity index (χ3n) is 2.38. The summed E-state index contributed by atoms with van der Waals surface area (Å²) < 4.78 is 38.0. The van der Waals surface area contributed by atoms with Crippen molar-refractivity contribution < 1.29 is 22.8 Å². The molecule has 0 saturated carbocycles. The van der Waals surface area contributed by atoms with Crippen LogP contribution in [0.2, 0.25) is 0 Å². The Morgan fingerprint density at radius 1 is 1.29 bits per heavy atom. The average Bonchev–Trinajstić information content (AvgIpc) is 2.56. The van der Waals surface area contributed by atoms with E-state index in [1.807, 2.05) is 0 Å². The standard InChI is InChI=1S/C10H7F3N2O2/c11-10(12,13)7-1-2-14-4-8(7)15-5-6(16)3-9(15)17/h1-2,4H,3,5H2. The molecule has 0 spiro atoms. The first-order chi connectivity index (χ1) is 7.89. The molecular weight excluding hydrogens is 237 g/mol. The molecule has 0 atom stereocenters. The van der Waals surface area contributed by atoms with E-state index < -0.39 is 23.4 Å². The van der Waals surface area contributed by atoms with Crippen LogP contribution in [-0.4, -0.2) is 23.2 Å². The summed E-state index contributed by atoms with van der Waals surface area (Å²) in [5.41, 5.74) is -1.33. The minimum absolute atomic E-state index is 0.326. The van der Waals surface area contributed by atoms with E-state index in [0.29, 0.717) is 0 Å². The van der Waals surface area contributed by atoms with Gasteiger partial charge < -0.3 is 4.90 Å². The smallest absolute Gasteiger partial charge is 0.302 e. The maximum atomic E-state index is 12.7. The van der Waals surface area contributed by atoms with Crippen LogP contribution in [0.3, 0.4) is 0 Å². The Morgan fingerprint density at radius 3 is 2.53 bits per heavy atom. The van der Waals surface area contributed by atoms with Crippen LogP contribution in [0.5, 0.6) is 0 Å². The third kappa shape index (κ3) is 2.13. The highest BCUT2D eigenvalue weighted by atomic mass is 19.4. The molecule has 1 fully saturated rings. The van der Waals surface area contributed by atoms with Crippen molar-refractivity contribution in [3.63, 3.8) is 0 Å². The van der Waals surface area contributed by atoms with Crippen LogP contribution in [0.1, 0.15) is 12.0 Å². The minimum Gasteiger partial charge on any atom is -0.302 e. The first-order valence-electron chi connectivity index (χ1n) is 4.73. The topological polar surface area (TPSA) is 50.3 Å². The van der Waals surface area contributed by atoms with Crippen molar-refractivity contribution in [2.45, 2.75) is 12.6 Å². The van der Waals surface area contributed by atoms with Gasteiger partial charge in [0.2, 0.25) is 5.91 Å². The number of carbonyl (C=O) groups excluding carboxylic acids is 2. The molecule has 1 aliphatic rings. The maximum absolute atomic E-state index is 12.7. The Labute approximate surface area is 94.0 Å². The van der Waals surface area contributed by atoms with Crippen LogP contribution >= 0.6 is 0 Å². The molecule has 4 nitrogen and oxygen atoms in total. The summed E-state index contributed by atoms with van der Waals surface area (Å²) in [4.78, 5) is 26.8. The summed E-state index contributed by atoms with van der Waals surface area (Å²) in [5.74, 6) is -1.03. The number of anilines is 1. The van der Waals surface area contributed by atoms with E-state index >= 15 is 0 Å². The third-order valence-corrected chi connectivity index (χ3v) is 2.38. The van der Waals surface area contributed by atoms with Crippen molar-refractivity contribution in [2.75, 3.05) is 11.4 Å². The fraction of sp³-hybridized carbons (Fsp3) is 0.300. The molecular formula is C10H7F3N2O2. The molecule has 0 bridgehead atoms. The van der Waals surface area contributed by atoms with Gasteiger partial charge in [0.05, 0.1) is 30.4 Å². The lowest BCUT2D eigenvalue weighted by molar-refractivity contribution is -0.137. The van der Waals surface area contributed by atoms with E-state index in [-0.39, 0.29) is 18.7 Å². The molecule has 17 heavy (non-hydrogen) atoms. The number of pyridine rings is 1. The highest BCUT2D eigenvalue weighted by molar-refractivity contribution is 6.15. The van der Waals surface area contributed by atoms with Gasteiger partial charge in [0, 0.05) is 6.20 Å². The van der Waals surface area contributed by atoms with E-state index in [1.165, 1.54) is 0 Å². The summed E-state index contributed by atoms with van der Waals surface area (Å²) in [6.45, 7) is -0.326. The van der Waals surface area contributed by atoms with E-state index in [1.54, 1.807) is 0 Å². The van der Waals surface area contributed by atoms with Gasteiger partial charge in [0.1, 0.15) is 0 Å². The Kier molecular flexibility index (Phi) is 2.60. The van der Waals surface area contributed by atoms with E-state index in [9.17, 15) is 22.8 Å². The quantitative estimate of drug-likeness (QED) is 0.702. The lowest BCUT2D eigenvalue weighted by atomic mass is 10.2. The number of hydrogen-bond donors (Lipinski definition) is 0. The predicted molar refractivity (Wildman–Crippen MR) is 51.2 cm³/mol. The van der Waals surface area contributed by atoms with Gasteiger partial charge in [-0.1, -0.05) is 0 Å². The number of amides is 1. The van der Waals surface area contributed by atoms with Gasteiger partial charge in [-0.2, -0.15) is 13.2 Å². The number of Topliss-reactive ketones (excluding diaryl/α,β-unsaturated/α-hetero) is 1. The summed E-state index contributed by atoms with van der Waals surface area (Å²) >= 11 is 0. The highest BCUT2D eigenvalue weighted by Crippen LogP contribution is 2.36. The van der Waals surface area contributed by atoms with Crippen molar-refractivity contribution in [2.24, 2.45) is 0 Å². The monoisotopic (exact) mass is 244 g/mol. The molecule has 0 N–H and O–H groups in total. The number of alkyl halides is 3. The van der Waals surface area contributed by atoms with Crippen LogP contribution in [0.15, 0.2) is 18.5 Å². The van der Waals surface area contributed by atoms with Crippen molar-refractivity contribution in [3.05, 3.63) is 24.0 Å². The Hall–Kier alpha value is -1.92.